The molecule has 0 saturated heterocycles. The normalized spacial score (nSPS) is 14.0. The topological polar surface area (TPSA) is 0 Å². The van der Waals surface area contributed by atoms with Gasteiger partial charge in [-0.2, -0.15) is 0 Å². The largest absolute Gasteiger partial charge is 0.0707 e. The molecule has 0 saturated carbocycles. The molecule has 0 unspecified atom stereocenters. The zero-order valence-electron chi connectivity index (χ0n) is 18.9. The van der Waals surface area contributed by atoms with Gasteiger partial charge in [0, 0.05) is 0 Å². The Morgan fingerprint density at radius 1 is 0.382 bits per heavy atom. The molecule has 0 nitrogen and oxygen atoms in total. The van der Waals surface area contributed by atoms with Gasteiger partial charge >= 0.3 is 0 Å². The summed E-state index contributed by atoms with van der Waals surface area (Å²) in [5.74, 6) is 0. The molecule has 34 heavy (non-hydrogen) atoms. The lowest BCUT2D eigenvalue weighted by Gasteiger charge is -2.42. The van der Waals surface area contributed by atoms with E-state index in [1.807, 2.05) is 0 Å². The van der Waals surface area contributed by atoms with Gasteiger partial charge in [0.05, 0.1) is 5.41 Å². The van der Waals surface area contributed by atoms with Gasteiger partial charge in [0.1, 0.15) is 0 Å². The molecule has 0 heteroatoms. The van der Waals surface area contributed by atoms with Crippen LogP contribution in [0, 0.1) is 0 Å². The Labute approximate surface area is 200 Å². The van der Waals surface area contributed by atoms with Crippen LogP contribution in [0.25, 0.3) is 21.5 Å². The van der Waals surface area contributed by atoms with Crippen molar-refractivity contribution in [3.05, 3.63) is 167 Å². The second-order valence-corrected chi connectivity index (χ2v) is 9.36. The maximum Gasteiger partial charge on any atom is 0.0707 e. The van der Waals surface area contributed by atoms with E-state index < -0.39 is 0 Å². The number of fused-ring (bicyclic) bond motifs is 4. The summed E-state index contributed by atoms with van der Waals surface area (Å²) < 4.78 is 0. The fraction of sp³-hybridized carbons (Fsp3) is 0.0588. The van der Waals surface area contributed by atoms with Crippen LogP contribution in [0.5, 0.6) is 0 Å². The summed E-state index contributed by atoms with van der Waals surface area (Å²) in [6, 6.07) is 49.5. The van der Waals surface area contributed by atoms with Crippen LogP contribution < -0.4 is 0 Å². The van der Waals surface area contributed by atoms with Crippen LogP contribution in [-0.2, 0) is 11.8 Å². The van der Waals surface area contributed by atoms with Crippen LogP contribution in [0.2, 0.25) is 0 Å². The smallest absolute Gasteiger partial charge is 0.0620 e. The van der Waals surface area contributed by atoms with E-state index in [4.69, 9.17) is 0 Å². The number of hydrogen-bond donors (Lipinski definition) is 0. The van der Waals surface area contributed by atoms with Crippen molar-refractivity contribution in [1.29, 1.82) is 0 Å². The van der Waals surface area contributed by atoms with Crippen LogP contribution in [0.3, 0.4) is 0 Å². The van der Waals surface area contributed by atoms with Gasteiger partial charge in [-0.05, 0) is 73.5 Å². The highest BCUT2D eigenvalue weighted by Gasteiger charge is 2.43. The molecule has 0 aliphatic heterocycles. The lowest BCUT2D eigenvalue weighted by molar-refractivity contribution is 0.705. The van der Waals surface area contributed by atoms with E-state index in [-0.39, 0.29) is 5.41 Å². The van der Waals surface area contributed by atoms with Gasteiger partial charge < -0.3 is 0 Å². The molecule has 1 aliphatic rings. The van der Waals surface area contributed by atoms with Crippen LogP contribution in [0.4, 0.5) is 0 Å². The highest BCUT2D eigenvalue weighted by atomic mass is 14.4. The third-order valence-corrected chi connectivity index (χ3v) is 7.59. The molecule has 0 radical (unpaired) electrons. The molecule has 1 aliphatic carbocycles. The minimum atomic E-state index is -0.375. The van der Waals surface area contributed by atoms with E-state index in [0.717, 1.165) is 6.42 Å². The van der Waals surface area contributed by atoms with E-state index in [1.165, 1.54) is 54.9 Å². The molecule has 0 spiro atoms. The van der Waals surface area contributed by atoms with Gasteiger partial charge in [-0.3, -0.25) is 0 Å². The van der Waals surface area contributed by atoms with Crippen LogP contribution in [0.15, 0.2) is 133 Å². The molecule has 0 aromatic heterocycles. The van der Waals surface area contributed by atoms with Crippen molar-refractivity contribution in [2.75, 3.05) is 0 Å². The van der Waals surface area contributed by atoms with Crippen molar-refractivity contribution in [3.8, 4) is 0 Å². The van der Waals surface area contributed by atoms with Crippen LogP contribution in [-0.4, -0.2) is 0 Å². The molecule has 160 valence electrons. The van der Waals surface area contributed by atoms with Gasteiger partial charge in [-0.25, -0.2) is 0 Å². The Hall–Kier alpha value is -4.16. The molecule has 6 aromatic rings. The monoisotopic (exact) mass is 432 g/mol. The quantitative estimate of drug-likeness (QED) is 0.258. The Bertz CT molecular complexity index is 1560. The second kappa shape index (κ2) is 7.43. The molecule has 0 amide bonds. The number of hydrogen-bond acceptors (Lipinski definition) is 0. The highest BCUT2D eigenvalue weighted by molar-refractivity contribution is 5.87. The average molecular weight is 433 g/mol. The molecule has 0 fully saturated rings. The zero-order chi connectivity index (χ0) is 22.5. The van der Waals surface area contributed by atoms with Gasteiger partial charge in [-0.15, -0.1) is 0 Å². The summed E-state index contributed by atoms with van der Waals surface area (Å²) in [6.45, 7) is 0. The Morgan fingerprint density at radius 2 is 0.794 bits per heavy atom. The van der Waals surface area contributed by atoms with E-state index >= 15 is 0 Å². The Balaban J connectivity index is 1.66. The van der Waals surface area contributed by atoms with Crippen molar-refractivity contribution < 1.29 is 0 Å². The molecular formula is C34H24. The van der Waals surface area contributed by atoms with Crippen molar-refractivity contribution in [2.24, 2.45) is 0 Å². The Kier molecular flexibility index (Phi) is 4.22. The number of rotatable bonds is 2. The lowest BCUT2D eigenvalue weighted by Crippen LogP contribution is -2.36. The van der Waals surface area contributed by atoms with Gasteiger partial charge in [0.2, 0.25) is 0 Å². The first-order valence-corrected chi connectivity index (χ1v) is 12.0. The second-order valence-electron chi connectivity index (χ2n) is 9.36. The van der Waals surface area contributed by atoms with Crippen LogP contribution in [0.1, 0.15) is 33.4 Å². The number of benzene rings is 6. The summed E-state index contributed by atoms with van der Waals surface area (Å²) in [5, 5.41) is 5.11. The molecule has 7 rings (SSSR count). The molecule has 6 aromatic carbocycles. The first kappa shape index (κ1) is 19.3. The van der Waals surface area contributed by atoms with Gasteiger partial charge in [-0.1, -0.05) is 121 Å². The van der Waals surface area contributed by atoms with Crippen molar-refractivity contribution >= 4 is 21.5 Å². The van der Waals surface area contributed by atoms with Crippen LogP contribution >= 0.6 is 0 Å². The SMILES string of the molecule is c1ccc2c(c1)Cc1ccccc1C2(c1ccc2ccccc2c1)c1ccc2ccccc2c1. The molecular weight excluding hydrogens is 408 g/mol. The summed E-state index contributed by atoms with van der Waals surface area (Å²) in [6.07, 6.45) is 0.968. The maximum atomic E-state index is 2.41. The minimum absolute atomic E-state index is 0.375. The van der Waals surface area contributed by atoms with Gasteiger partial charge in [0.25, 0.3) is 0 Å². The highest BCUT2D eigenvalue weighted by Crippen LogP contribution is 2.51. The first-order valence-electron chi connectivity index (χ1n) is 12.0. The lowest BCUT2D eigenvalue weighted by atomic mass is 9.59. The summed E-state index contributed by atoms with van der Waals surface area (Å²) in [5.41, 5.74) is 7.85. The molecule has 0 atom stereocenters. The maximum absolute atomic E-state index is 2.41. The van der Waals surface area contributed by atoms with E-state index in [1.54, 1.807) is 0 Å². The van der Waals surface area contributed by atoms with Crippen molar-refractivity contribution in [1.82, 2.24) is 0 Å². The van der Waals surface area contributed by atoms with Gasteiger partial charge in [0.15, 0.2) is 0 Å². The molecule has 0 N–H and O–H groups in total. The van der Waals surface area contributed by atoms with Crippen molar-refractivity contribution in [2.45, 2.75) is 11.8 Å². The fourth-order valence-corrected chi connectivity index (χ4v) is 6.06. The predicted octanol–water partition coefficient (Wildman–Crippen LogP) is 8.28. The molecule has 0 bridgehead atoms. The Morgan fingerprint density at radius 3 is 1.29 bits per heavy atom. The van der Waals surface area contributed by atoms with E-state index in [2.05, 4.69) is 133 Å². The average Bonchev–Trinajstić information content (AvgIpc) is 2.91. The third kappa shape index (κ3) is 2.72. The zero-order valence-corrected chi connectivity index (χ0v) is 18.9. The van der Waals surface area contributed by atoms with E-state index in [0.29, 0.717) is 0 Å². The summed E-state index contributed by atoms with van der Waals surface area (Å²) in [7, 11) is 0. The third-order valence-electron chi connectivity index (χ3n) is 7.59. The fourth-order valence-electron chi connectivity index (χ4n) is 6.06. The first-order chi connectivity index (χ1) is 16.8. The minimum Gasteiger partial charge on any atom is -0.0620 e. The summed E-state index contributed by atoms with van der Waals surface area (Å²) in [4.78, 5) is 0. The standard InChI is InChI=1S/C34H24/c1-3-11-26-22-30(19-17-24(26)9-1)34(31-20-18-25-10-2-4-12-27(25)23-31)32-15-7-5-13-28(32)21-29-14-6-8-16-33(29)34/h1-20,22-23H,21H2. The summed E-state index contributed by atoms with van der Waals surface area (Å²) >= 11 is 0. The van der Waals surface area contributed by atoms with E-state index in [9.17, 15) is 0 Å². The predicted molar refractivity (Wildman–Crippen MR) is 143 cm³/mol. The molecule has 0 heterocycles. The van der Waals surface area contributed by atoms with Crippen molar-refractivity contribution in [3.63, 3.8) is 0 Å².